The molecule has 6 nitrogen and oxygen atoms in total. The van der Waals surface area contributed by atoms with E-state index in [0.29, 0.717) is 22.1 Å². The SMILES string of the molecule is COc1ccc(Oc2cccc(C#CCN(O)C(N)=O)c2)cc1. The lowest BCUT2D eigenvalue weighted by Crippen LogP contribution is -2.32. The van der Waals surface area contributed by atoms with Crippen molar-refractivity contribution in [3.05, 3.63) is 54.1 Å². The number of methoxy groups -OCH3 is 1. The molecule has 118 valence electrons. The van der Waals surface area contributed by atoms with E-state index in [9.17, 15) is 4.79 Å². The number of hydrogen-bond acceptors (Lipinski definition) is 4. The zero-order valence-corrected chi connectivity index (χ0v) is 12.5. The van der Waals surface area contributed by atoms with Crippen molar-refractivity contribution in [3.8, 4) is 29.1 Å². The topological polar surface area (TPSA) is 85.0 Å². The van der Waals surface area contributed by atoms with E-state index in [1.54, 1.807) is 55.6 Å². The molecule has 2 aromatic carbocycles. The highest BCUT2D eigenvalue weighted by atomic mass is 16.5. The van der Waals surface area contributed by atoms with Crippen molar-refractivity contribution in [2.75, 3.05) is 13.7 Å². The molecule has 0 unspecified atom stereocenters. The number of benzene rings is 2. The fourth-order valence-corrected chi connectivity index (χ4v) is 1.71. The third-order valence-corrected chi connectivity index (χ3v) is 2.85. The van der Waals surface area contributed by atoms with Crippen molar-refractivity contribution in [1.82, 2.24) is 5.06 Å². The summed E-state index contributed by atoms with van der Waals surface area (Å²) in [6.45, 7) is -0.168. The summed E-state index contributed by atoms with van der Waals surface area (Å²) >= 11 is 0. The average molecular weight is 312 g/mol. The molecule has 0 atom stereocenters. The summed E-state index contributed by atoms with van der Waals surface area (Å²) in [4.78, 5) is 10.6. The van der Waals surface area contributed by atoms with E-state index >= 15 is 0 Å². The van der Waals surface area contributed by atoms with Crippen LogP contribution in [-0.4, -0.2) is 30.0 Å². The molecule has 3 N–H and O–H groups in total. The maximum atomic E-state index is 10.6. The van der Waals surface area contributed by atoms with E-state index < -0.39 is 6.03 Å². The highest BCUT2D eigenvalue weighted by Gasteiger charge is 2.01. The molecule has 23 heavy (non-hydrogen) atoms. The predicted octanol–water partition coefficient (Wildman–Crippen LogP) is 2.61. The number of carbonyl (C=O) groups excluding carboxylic acids is 1. The van der Waals surface area contributed by atoms with Crippen LogP contribution in [0, 0.1) is 11.8 Å². The lowest BCUT2D eigenvalue weighted by atomic mass is 10.2. The van der Waals surface area contributed by atoms with Crippen LogP contribution < -0.4 is 15.2 Å². The number of rotatable bonds is 4. The minimum atomic E-state index is -0.948. The largest absolute Gasteiger partial charge is 0.497 e. The van der Waals surface area contributed by atoms with E-state index in [1.165, 1.54) is 0 Å². The summed E-state index contributed by atoms with van der Waals surface area (Å²) in [5.74, 6) is 7.50. The Bertz CT molecular complexity index is 732. The number of hydrogen-bond donors (Lipinski definition) is 2. The van der Waals surface area contributed by atoms with Crippen LogP contribution in [0.3, 0.4) is 0 Å². The second-order valence-electron chi connectivity index (χ2n) is 4.50. The summed E-state index contributed by atoms with van der Waals surface area (Å²) in [7, 11) is 1.60. The quantitative estimate of drug-likeness (QED) is 0.516. The lowest BCUT2D eigenvalue weighted by molar-refractivity contribution is -0.0269. The van der Waals surface area contributed by atoms with Gasteiger partial charge < -0.3 is 15.2 Å². The van der Waals surface area contributed by atoms with E-state index in [4.69, 9.17) is 20.4 Å². The van der Waals surface area contributed by atoms with Crippen LogP contribution in [0.5, 0.6) is 17.2 Å². The molecule has 2 rings (SSSR count). The van der Waals surface area contributed by atoms with Gasteiger partial charge in [-0.1, -0.05) is 17.9 Å². The Balaban J connectivity index is 2.04. The number of hydroxylamine groups is 2. The van der Waals surface area contributed by atoms with Gasteiger partial charge in [-0.25, -0.2) is 4.79 Å². The van der Waals surface area contributed by atoms with Gasteiger partial charge in [0.1, 0.15) is 23.8 Å². The highest BCUT2D eigenvalue weighted by Crippen LogP contribution is 2.24. The van der Waals surface area contributed by atoms with Crippen molar-refractivity contribution in [1.29, 1.82) is 0 Å². The van der Waals surface area contributed by atoms with E-state index in [1.807, 2.05) is 0 Å². The summed E-state index contributed by atoms with van der Waals surface area (Å²) in [5, 5.41) is 9.46. The van der Waals surface area contributed by atoms with Crippen LogP contribution in [-0.2, 0) is 0 Å². The molecule has 0 saturated heterocycles. The van der Waals surface area contributed by atoms with Gasteiger partial charge >= 0.3 is 6.03 Å². The smallest absolute Gasteiger partial charge is 0.339 e. The summed E-state index contributed by atoms with van der Waals surface area (Å²) < 4.78 is 10.8. The lowest BCUT2D eigenvalue weighted by Gasteiger charge is -2.07. The first-order valence-corrected chi connectivity index (χ1v) is 6.75. The summed E-state index contributed by atoms with van der Waals surface area (Å²) in [6, 6.07) is 13.4. The van der Waals surface area contributed by atoms with E-state index in [0.717, 1.165) is 5.75 Å². The van der Waals surface area contributed by atoms with Gasteiger partial charge in [-0.05, 0) is 42.5 Å². The molecule has 0 heterocycles. The molecule has 0 aliphatic carbocycles. The third-order valence-electron chi connectivity index (χ3n) is 2.85. The van der Waals surface area contributed by atoms with Crippen molar-refractivity contribution in [2.45, 2.75) is 0 Å². The molecule has 2 aromatic rings. The van der Waals surface area contributed by atoms with Gasteiger partial charge in [-0.15, -0.1) is 0 Å². The highest BCUT2D eigenvalue weighted by molar-refractivity contribution is 5.70. The standard InChI is InChI=1S/C17H16N2O4/c1-22-14-7-9-15(10-8-14)23-16-6-2-4-13(12-16)5-3-11-19(21)17(18)20/h2,4,6-10,12,21H,11H2,1H3,(H2,18,20). The Morgan fingerprint density at radius 3 is 2.52 bits per heavy atom. The van der Waals surface area contributed by atoms with E-state index in [2.05, 4.69) is 11.8 Å². The summed E-state index contributed by atoms with van der Waals surface area (Å²) in [6.07, 6.45) is 0. The molecular formula is C17H16N2O4. The number of carbonyl (C=O) groups is 1. The number of nitrogens with two attached hydrogens (primary N) is 1. The first-order valence-electron chi connectivity index (χ1n) is 6.75. The van der Waals surface area contributed by atoms with Crippen molar-refractivity contribution >= 4 is 6.03 Å². The molecule has 0 bridgehead atoms. The van der Waals surface area contributed by atoms with Gasteiger partial charge in [0, 0.05) is 5.56 Å². The Hall–Kier alpha value is -3.17. The maximum absolute atomic E-state index is 10.6. The molecule has 6 heteroatoms. The average Bonchev–Trinajstić information content (AvgIpc) is 2.56. The number of amides is 2. The maximum Gasteiger partial charge on any atom is 0.339 e. The third kappa shape index (κ3) is 4.95. The first kappa shape index (κ1) is 16.2. The molecule has 0 spiro atoms. The molecule has 0 aliphatic rings. The number of urea groups is 1. The molecule has 0 aliphatic heterocycles. The van der Waals surface area contributed by atoms with Crippen LogP contribution in [0.2, 0.25) is 0 Å². The molecular weight excluding hydrogens is 296 g/mol. The molecule has 0 saturated carbocycles. The summed E-state index contributed by atoms with van der Waals surface area (Å²) in [5.41, 5.74) is 5.58. The molecule has 0 fully saturated rings. The van der Waals surface area contributed by atoms with Crippen LogP contribution in [0.25, 0.3) is 0 Å². The monoisotopic (exact) mass is 312 g/mol. The van der Waals surface area contributed by atoms with Gasteiger partial charge in [-0.3, -0.25) is 5.21 Å². The predicted molar refractivity (Wildman–Crippen MR) is 84.5 cm³/mol. The fourth-order valence-electron chi connectivity index (χ4n) is 1.71. The van der Waals surface area contributed by atoms with Crippen LogP contribution >= 0.6 is 0 Å². The second kappa shape index (κ2) is 7.73. The Labute approximate surface area is 134 Å². The van der Waals surface area contributed by atoms with Gasteiger partial charge in [0.2, 0.25) is 0 Å². The number of nitrogens with zero attached hydrogens (tertiary/aromatic N) is 1. The van der Waals surface area contributed by atoms with Gasteiger partial charge in [0.15, 0.2) is 0 Å². The van der Waals surface area contributed by atoms with Gasteiger partial charge in [0.25, 0.3) is 0 Å². The zero-order valence-electron chi connectivity index (χ0n) is 12.5. The van der Waals surface area contributed by atoms with E-state index in [-0.39, 0.29) is 6.54 Å². The Kier molecular flexibility index (Phi) is 5.45. The van der Waals surface area contributed by atoms with Crippen LogP contribution in [0.4, 0.5) is 4.79 Å². The normalized spacial score (nSPS) is 9.48. The molecule has 2 amide bonds. The Morgan fingerprint density at radius 2 is 1.87 bits per heavy atom. The molecule has 0 aromatic heterocycles. The van der Waals surface area contributed by atoms with Gasteiger partial charge in [-0.2, -0.15) is 5.06 Å². The van der Waals surface area contributed by atoms with Crippen LogP contribution in [0.15, 0.2) is 48.5 Å². The fraction of sp³-hybridized carbons (Fsp3) is 0.118. The minimum Gasteiger partial charge on any atom is -0.497 e. The minimum absolute atomic E-state index is 0.168. The molecule has 0 radical (unpaired) electrons. The number of primary amides is 1. The van der Waals surface area contributed by atoms with Crippen molar-refractivity contribution < 1.29 is 19.5 Å². The second-order valence-corrected chi connectivity index (χ2v) is 4.50. The zero-order chi connectivity index (χ0) is 16.7. The van der Waals surface area contributed by atoms with Gasteiger partial charge in [0.05, 0.1) is 7.11 Å². The first-order chi connectivity index (χ1) is 11.1. The van der Waals surface area contributed by atoms with Crippen molar-refractivity contribution in [2.24, 2.45) is 5.73 Å². The van der Waals surface area contributed by atoms with Crippen LogP contribution in [0.1, 0.15) is 5.56 Å². The van der Waals surface area contributed by atoms with Crippen molar-refractivity contribution in [3.63, 3.8) is 0 Å². The number of ether oxygens (including phenoxy) is 2. The Morgan fingerprint density at radius 1 is 1.17 bits per heavy atom.